The predicted octanol–water partition coefficient (Wildman–Crippen LogP) is 2.26. The average molecular weight is 338 g/mol. The molecule has 0 unspecified atom stereocenters. The second kappa shape index (κ2) is 7.01. The fraction of sp³-hybridized carbons (Fsp3) is 0.588. The third-order valence-electron chi connectivity index (χ3n) is 4.62. The largest absolute Gasteiger partial charge is 0.338 e. The van der Waals surface area contributed by atoms with Gasteiger partial charge in [0.2, 0.25) is 15.9 Å². The topological polar surface area (TPSA) is 57.7 Å². The Hall–Kier alpha value is -1.40. The number of hydrogen-bond donors (Lipinski definition) is 0. The van der Waals surface area contributed by atoms with Crippen molar-refractivity contribution in [2.24, 2.45) is 5.92 Å². The van der Waals surface area contributed by atoms with Gasteiger partial charge in [-0.15, -0.1) is 0 Å². The molecule has 0 saturated carbocycles. The molecular formula is C17H26N2O3S. The number of carbonyl (C=O) groups excluding carboxylic acids is 1. The van der Waals surface area contributed by atoms with Gasteiger partial charge in [0.15, 0.2) is 0 Å². The van der Waals surface area contributed by atoms with Gasteiger partial charge in [0.25, 0.3) is 0 Å². The van der Waals surface area contributed by atoms with E-state index < -0.39 is 10.0 Å². The Morgan fingerprint density at radius 2 is 1.87 bits per heavy atom. The molecule has 0 aromatic heterocycles. The van der Waals surface area contributed by atoms with Crippen LogP contribution in [0, 0.1) is 5.92 Å². The van der Waals surface area contributed by atoms with E-state index in [4.69, 9.17) is 0 Å². The molecule has 0 saturated heterocycles. The van der Waals surface area contributed by atoms with Crippen molar-refractivity contribution < 1.29 is 13.2 Å². The first-order valence-corrected chi connectivity index (χ1v) is 9.58. The molecule has 6 heteroatoms. The van der Waals surface area contributed by atoms with Crippen LogP contribution in [0.15, 0.2) is 23.1 Å². The molecule has 0 radical (unpaired) electrons. The van der Waals surface area contributed by atoms with Gasteiger partial charge in [-0.1, -0.05) is 19.9 Å². The van der Waals surface area contributed by atoms with Crippen molar-refractivity contribution >= 4 is 15.9 Å². The highest BCUT2D eigenvalue weighted by atomic mass is 32.2. The minimum Gasteiger partial charge on any atom is -0.338 e. The lowest BCUT2D eigenvalue weighted by Crippen LogP contribution is -2.39. The van der Waals surface area contributed by atoms with Crippen LogP contribution in [0.25, 0.3) is 0 Å². The third-order valence-corrected chi connectivity index (χ3v) is 6.43. The first-order chi connectivity index (χ1) is 10.8. The molecule has 0 atom stereocenters. The first-order valence-electron chi connectivity index (χ1n) is 8.14. The summed E-state index contributed by atoms with van der Waals surface area (Å²) in [6.07, 6.45) is 2.46. The molecule has 1 aliphatic heterocycles. The number of nitrogens with zero attached hydrogens (tertiary/aromatic N) is 2. The Kier molecular flexibility index (Phi) is 5.47. The van der Waals surface area contributed by atoms with Crippen LogP contribution in [0.2, 0.25) is 0 Å². The number of benzene rings is 1. The maximum atomic E-state index is 12.6. The molecule has 0 N–H and O–H groups in total. The van der Waals surface area contributed by atoms with Crippen molar-refractivity contribution in [1.29, 1.82) is 0 Å². The van der Waals surface area contributed by atoms with Crippen molar-refractivity contribution in [2.75, 3.05) is 20.6 Å². The summed E-state index contributed by atoms with van der Waals surface area (Å²) in [7, 11) is -0.393. The summed E-state index contributed by atoms with van der Waals surface area (Å²) in [5.74, 6) is 0.242. The average Bonchev–Trinajstić information content (AvgIpc) is 2.54. The van der Waals surface area contributed by atoms with E-state index in [0.29, 0.717) is 13.1 Å². The molecule has 2 rings (SSSR count). The molecule has 1 amide bonds. The van der Waals surface area contributed by atoms with Crippen LogP contribution < -0.4 is 0 Å². The van der Waals surface area contributed by atoms with Crippen LogP contribution in [-0.4, -0.2) is 44.2 Å². The van der Waals surface area contributed by atoms with Crippen LogP contribution in [0.3, 0.4) is 0 Å². The lowest BCUT2D eigenvalue weighted by atomic mass is 9.96. The Morgan fingerprint density at radius 1 is 1.22 bits per heavy atom. The zero-order valence-corrected chi connectivity index (χ0v) is 15.2. The highest BCUT2D eigenvalue weighted by Crippen LogP contribution is 2.25. The Bertz CT molecular complexity index is 679. The van der Waals surface area contributed by atoms with E-state index in [1.54, 1.807) is 12.1 Å². The number of carbonyl (C=O) groups is 1. The lowest BCUT2D eigenvalue weighted by molar-refractivity contribution is -0.136. The molecular weight excluding hydrogens is 312 g/mol. The monoisotopic (exact) mass is 338 g/mol. The molecule has 0 aliphatic carbocycles. The predicted molar refractivity (Wildman–Crippen MR) is 90.5 cm³/mol. The quantitative estimate of drug-likeness (QED) is 0.827. The number of hydrogen-bond acceptors (Lipinski definition) is 3. The number of rotatable bonds is 5. The second-order valence-corrected chi connectivity index (χ2v) is 8.39. The maximum Gasteiger partial charge on any atom is 0.242 e. The molecule has 5 nitrogen and oxygen atoms in total. The molecule has 0 spiro atoms. The summed E-state index contributed by atoms with van der Waals surface area (Å²) in [4.78, 5) is 14.7. The van der Waals surface area contributed by atoms with E-state index in [-0.39, 0.29) is 16.7 Å². The zero-order valence-electron chi connectivity index (χ0n) is 14.4. The Balaban J connectivity index is 2.28. The van der Waals surface area contributed by atoms with E-state index >= 15 is 0 Å². The molecule has 1 aromatic carbocycles. The summed E-state index contributed by atoms with van der Waals surface area (Å²) in [6, 6.07) is 5.26. The minimum atomic E-state index is -3.44. The van der Waals surface area contributed by atoms with Gasteiger partial charge in [0.05, 0.1) is 4.90 Å². The number of fused-ring (bicyclic) bond motifs is 1. The van der Waals surface area contributed by atoms with Gasteiger partial charge in [0.1, 0.15) is 0 Å². The van der Waals surface area contributed by atoms with Crippen LogP contribution in [0.5, 0.6) is 0 Å². The van der Waals surface area contributed by atoms with Crippen molar-refractivity contribution in [3.63, 3.8) is 0 Å². The van der Waals surface area contributed by atoms with E-state index in [2.05, 4.69) is 0 Å². The summed E-state index contributed by atoms with van der Waals surface area (Å²) in [5.41, 5.74) is 2.08. The summed E-state index contributed by atoms with van der Waals surface area (Å²) in [5, 5.41) is 0. The van der Waals surface area contributed by atoms with Crippen LogP contribution in [0.1, 0.15) is 37.8 Å². The second-order valence-electron chi connectivity index (χ2n) is 6.24. The normalized spacial score (nSPS) is 15.1. The van der Waals surface area contributed by atoms with Gasteiger partial charge in [-0.3, -0.25) is 4.79 Å². The number of sulfonamides is 1. The van der Waals surface area contributed by atoms with E-state index in [1.807, 2.05) is 24.8 Å². The van der Waals surface area contributed by atoms with Gasteiger partial charge < -0.3 is 4.90 Å². The SMILES string of the molecule is CCC(CC)C(=O)N1CCc2ccc(S(=O)(=O)N(C)C)cc2C1. The van der Waals surface area contributed by atoms with E-state index in [0.717, 1.165) is 30.4 Å². The van der Waals surface area contributed by atoms with Crippen molar-refractivity contribution in [2.45, 2.75) is 44.6 Å². The van der Waals surface area contributed by atoms with Gasteiger partial charge in [-0.25, -0.2) is 12.7 Å². The van der Waals surface area contributed by atoms with E-state index in [9.17, 15) is 13.2 Å². The van der Waals surface area contributed by atoms with Crippen molar-refractivity contribution in [3.8, 4) is 0 Å². The molecule has 128 valence electrons. The maximum absolute atomic E-state index is 12.6. The van der Waals surface area contributed by atoms with Crippen LogP contribution in [-0.2, 0) is 27.8 Å². The number of amides is 1. The van der Waals surface area contributed by atoms with E-state index in [1.165, 1.54) is 18.4 Å². The lowest BCUT2D eigenvalue weighted by Gasteiger charge is -2.31. The highest BCUT2D eigenvalue weighted by molar-refractivity contribution is 7.89. The molecule has 1 heterocycles. The van der Waals surface area contributed by atoms with Gasteiger partial charge >= 0.3 is 0 Å². The van der Waals surface area contributed by atoms with Crippen LogP contribution >= 0.6 is 0 Å². The fourth-order valence-electron chi connectivity index (χ4n) is 2.99. The fourth-order valence-corrected chi connectivity index (χ4v) is 3.94. The van der Waals surface area contributed by atoms with Gasteiger partial charge in [-0.05, 0) is 42.5 Å². The standard InChI is InChI=1S/C17H26N2O3S/c1-5-13(6-2)17(20)19-10-9-14-7-8-16(11-15(14)12-19)23(21,22)18(3)4/h7-8,11,13H,5-6,9-10,12H2,1-4H3. The zero-order chi connectivity index (χ0) is 17.2. The molecule has 1 aromatic rings. The van der Waals surface area contributed by atoms with Crippen molar-refractivity contribution in [1.82, 2.24) is 9.21 Å². The summed E-state index contributed by atoms with van der Waals surface area (Å²) in [6.45, 7) is 5.28. The highest BCUT2D eigenvalue weighted by Gasteiger charge is 2.26. The first kappa shape index (κ1) is 17.9. The Morgan fingerprint density at radius 3 is 2.43 bits per heavy atom. The molecule has 1 aliphatic rings. The molecule has 0 bridgehead atoms. The van der Waals surface area contributed by atoms with Gasteiger partial charge in [-0.2, -0.15) is 0 Å². The summed E-state index contributed by atoms with van der Waals surface area (Å²) >= 11 is 0. The molecule has 0 fully saturated rings. The van der Waals surface area contributed by atoms with Crippen LogP contribution in [0.4, 0.5) is 0 Å². The smallest absolute Gasteiger partial charge is 0.242 e. The van der Waals surface area contributed by atoms with Gasteiger partial charge in [0, 0.05) is 33.1 Å². The minimum absolute atomic E-state index is 0.0604. The summed E-state index contributed by atoms with van der Waals surface area (Å²) < 4.78 is 25.8. The third kappa shape index (κ3) is 3.58. The van der Waals surface area contributed by atoms with Crippen molar-refractivity contribution in [3.05, 3.63) is 29.3 Å². The molecule has 23 heavy (non-hydrogen) atoms. The Labute approximate surface area is 139 Å².